The number of rotatable bonds is 5. The maximum absolute atomic E-state index is 11.6. The summed E-state index contributed by atoms with van der Waals surface area (Å²) in [6.07, 6.45) is -1.14. The van der Waals surface area contributed by atoms with Gasteiger partial charge in [-0.3, -0.25) is 19.2 Å². The number of hydrogen-bond donors (Lipinski definition) is 1. The lowest BCUT2D eigenvalue weighted by Gasteiger charge is -2.37. The monoisotopic (exact) mass is 381 g/mol. The van der Waals surface area contributed by atoms with Crippen molar-refractivity contribution in [2.45, 2.75) is 45.3 Å². The zero-order valence-electron chi connectivity index (χ0n) is 15.1. The van der Waals surface area contributed by atoms with Crippen molar-refractivity contribution in [1.29, 1.82) is 0 Å². The highest BCUT2D eigenvalue weighted by Gasteiger charge is 2.51. The topological polar surface area (TPSA) is 135 Å². The van der Waals surface area contributed by atoms with Crippen LogP contribution in [0.5, 0.6) is 0 Å². The molecular formula is C17H21N2O8+. The first-order valence-corrected chi connectivity index (χ1v) is 8.13. The molecule has 0 radical (unpaired) electrons. The predicted octanol–water partition coefficient (Wildman–Crippen LogP) is -0.603. The second kappa shape index (κ2) is 8.58. The van der Waals surface area contributed by atoms with Gasteiger partial charge < -0.3 is 24.7 Å². The van der Waals surface area contributed by atoms with E-state index in [0.717, 1.165) is 0 Å². The van der Waals surface area contributed by atoms with Crippen molar-refractivity contribution in [1.82, 2.24) is 0 Å². The van der Waals surface area contributed by atoms with Crippen LogP contribution in [-0.4, -0.2) is 48.7 Å². The quantitative estimate of drug-likeness (QED) is 0.406. The van der Waals surface area contributed by atoms with Gasteiger partial charge in [-0.2, -0.15) is 4.57 Å². The maximum atomic E-state index is 11.6. The largest absolute Gasteiger partial charge is 0.456 e. The van der Waals surface area contributed by atoms with E-state index in [1.165, 1.54) is 37.6 Å². The molecule has 0 aliphatic carbocycles. The Morgan fingerprint density at radius 3 is 2.19 bits per heavy atom. The Hall–Kier alpha value is -3.01. The molecule has 146 valence electrons. The summed E-state index contributed by atoms with van der Waals surface area (Å²) in [5, 5.41) is 0. The Morgan fingerprint density at radius 1 is 1.04 bits per heavy atom. The van der Waals surface area contributed by atoms with Gasteiger partial charge in [0, 0.05) is 26.8 Å². The number of carbonyl (C=O) groups is 4. The molecule has 0 unspecified atom stereocenters. The van der Waals surface area contributed by atoms with Crippen molar-refractivity contribution in [2.24, 2.45) is 5.73 Å². The molecule has 1 saturated heterocycles. The number of amides is 1. The minimum absolute atomic E-state index is 0.117. The lowest BCUT2D eigenvalue weighted by atomic mass is 10.0. The molecule has 2 N–H and O–H groups in total. The highest BCUT2D eigenvalue weighted by molar-refractivity contribution is 5.92. The highest BCUT2D eigenvalue weighted by Crippen LogP contribution is 2.27. The van der Waals surface area contributed by atoms with Crippen molar-refractivity contribution in [3.8, 4) is 0 Å². The zero-order valence-corrected chi connectivity index (χ0v) is 15.1. The molecule has 0 saturated carbocycles. The average molecular weight is 381 g/mol. The van der Waals surface area contributed by atoms with E-state index in [4.69, 9.17) is 24.7 Å². The van der Waals surface area contributed by atoms with E-state index in [0.29, 0.717) is 0 Å². The van der Waals surface area contributed by atoms with Crippen LogP contribution in [0.3, 0.4) is 0 Å². The number of hydrogen-bond acceptors (Lipinski definition) is 8. The maximum Gasteiger partial charge on any atom is 0.304 e. The van der Waals surface area contributed by atoms with Gasteiger partial charge in [-0.05, 0) is 6.07 Å². The third kappa shape index (κ3) is 5.23. The summed E-state index contributed by atoms with van der Waals surface area (Å²) in [7, 11) is 0. The summed E-state index contributed by atoms with van der Waals surface area (Å²) in [6, 6.07) is 3.07. The average Bonchev–Trinajstić information content (AvgIpc) is 2.56. The van der Waals surface area contributed by atoms with Crippen molar-refractivity contribution in [2.75, 3.05) is 6.61 Å². The van der Waals surface area contributed by atoms with Crippen molar-refractivity contribution in [3.63, 3.8) is 0 Å². The number of nitrogens with two attached hydrogens (primary N) is 1. The summed E-state index contributed by atoms with van der Waals surface area (Å²) in [5.41, 5.74) is 5.49. The lowest BCUT2D eigenvalue weighted by molar-refractivity contribution is -0.774. The number of ether oxygens (including phenoxy) is 4. The summed E-state index contributed by atoms with van der Waals surface area (Å²) >= 11 is 0. The first-order chi connectivity index (χ1) is 12.7. The van der Waals surface area contributed by atoms with Crippen molar-refractivity contribution >= 4 is 23.8 Å². The van der Waals surface area contributed by atoms with E-state index in [1.54, 1.807) is 12.3 Å². The fraction of sp³-hybridized carbons (Fsp3) is 0.471. The molecule has 10 heteroatoms. The van der Waals surface area contributed by atoms with E-state index in [9.17, 15) is 19.2 Å². The fourth-order valence-electron chi connectivity index (χ4n) is 2.78. The number of nitrogens with zero attached hydrogens (tertiary/aromatic N) is 1. The molecule has 1 aliphatic rings. The molecule has 2 heterocycles. The van der Waals surface area contributed by atoms with Gasteiger partial charge in [0.1, 0.15) is 5.56 Å². The van der Waals surface area contributed by atoms with Crippen molar-refractivity contribution < 1.29 is 42.7 Å². The molecule has 1 aromatic rings. The van der Waals surface area contributed by atoms with Gasteiger partial charge in [0.25, 0.3) is 5.91 Å². The molecule has 10 nitrogen and oxygen atoms in total. The van der Waals surface area contributed by atoms with Crippen LogP contribution in [0.25, 0.3) is 0 Å². The van der Waals surface area contributed by atoms with Gasteiger partial charge in [-0.1, -0.05) is 0 Å². The summed E-state index contributed by atoms with van der Waals surface area (Å²) < 4.78 is 22.9. The molecule has 1 aliphatic heterocycles. The SMILES string of the molecule is CC(=O)O[C@@H]1[C@@H](OC(C)=O)[C@H](OC(C)=O)CO[C@H]1[n+]1cccc(C(N)=O)c1. The van der Waals surface area contributed by atoms with E-state index in [1.807, 2.05) is 0 Å². The third-order valence-corrected chi connectivity index (χ3v) is 3.72. The Kier molecular flexibility index (Phi) is 6.45. The van der Waals surface area contributed by atoms with Crippen LogP contribution in [0.1, 0.15) is 37.4 Å². The number of primary amides is 1. The van der Waals surface area contributed by atoms with E-state index in [2.05, 4.69) is 0 Å². The fourth-order valence-corrected chi connectivity index (χ4v) is 2.78. The second-order valence-electron chi connectivity index (χ2n) is 5.92. The van der Waals surface area contributed by atoms with Crippen LogP contribution in [-0.2, 0) is 33.3 Å². The van der Waals surface area contributed by atoms with Gasteiger partial charge in [0.15, 0.2) is 24.6 Å². The molecule has 0 spiro atoms. The zero-order chi connectivity index (χ0) is 20.1. The van der Waals surface area contributed by atoms with Crippen LogP contribution >= 0.6 is 0 Å². The first kappa shape index (κ1) is 20.3. The molecule has 4 atom stereocenters. The van der Waals surface area contributed by atoms with Gasteiger partial charge >= 0.3 is 24.1 Å². The normalized spacial score (nSPS) is 24.6. The summed E-state index contributed by atoms with van der Waals surface area (Å²) in [5.74, 6) is -2.56. The number of pyridine rings is 1. The van der Waals surface area contributed by atoms with Gasteiger partial charge in [0.2, 0.25) is 6.10 Å². The molecule has 27 heavy (non-hydrogen) atoms. The Balaban J connectivity index is 2.42. The molecule has 2 rings (SSSR count). The van der Waals surface area contributed by atoms with Crippen molar-refractivity contribution in [3.05, 3.63) is 30.1 Å². The molecule has 1 amide bonds. The number of esters is 3. The Morgan fingerprint density at radius 2 is 1.63 bits per heavy atom. The minimum Gasteiger partial charge on any atom is -0.456 e. The Labute approximate surface area is 155 Å². The summed E-state index contributed by atoms with van der Waals surface area (Å²) in [4.78, 5) is 46.0. The minimum atomic E-state index is -1.13. The smallest absolute Gasteiger partial charge is 0.304 e. The molecular weight excluding hydrogens is 360 g/mol. The van der Waals surface area contributed by atoms with Gasteiger partial charge in [-0.25, -0.2) is 0 Å². The highest BCUT2D eigenvalue weighted by atomic mass is 16.6. The molecule has 0 aromatic carbocycles. The third-order valence-electron chi connectivity index (χ3n) is 3.72. The van der Waals surface area contributed by atoms with E-state index in [-0.39, 0.29) is 12.2 Å². The Bertz CT molecular complexity index is 750. The van der Waals surface area contributed by atoms with E-state index >= 15 is 0 Å². The van der Waals surface area contributed by atoms with Crippen LogP contribution in [0.4, 0.5) is 0 Å². The van der Waals surface area contributed by atoms with E-state index < -0.39 is 48.4 Å². The number of aromatic nitrogens is 1. The lowest BCUT2D eigenvalue weighted by Crippen LogP contribution is -2.61. The van der Waals surface area contributed by atoms with Gasteiger partial charge in [0.05, 0.1) is 6.61 Å². The number of carbonyl (C=O) groups excluding carboxylic acids is 4. The molecule has 0 bridgehead atoms. The second-order valence-corrected chi connectivity index (χ2v) is 5.92. The first-order valence-electron chi connectivity index (χ1n) is 8.13. The molecule has 1 aromatic heterocycles. The van der Waals surface area contributed by atoms with Gasteiger partial charge in [-0.15, -0.1) is 0 Å². The summed E-state index contributed by atoms with van der Waals surface area (Å²) in [6.45, 7) is 3.44. The van der Waals surface area contributed by atoms with Crippen LogP contribution in [0.15, 0.2) is 24.5 Å². The van der Waals surface area contributed by atoms with Crippen LogP contribution in [0.2, 0.25) is 0 Å². The van der Waals surface area contributed by atoms with Crippen LogP contribution in [0, 0.1) is 0 Å². The standard InChI is InChI=1S/C17H20N2O8/c1-9(20)25-13-8-24-17(19-6-4-5-12(7-19)16(18)23)15(27-11(3)22)14(13)26-10(2)21/h4-7,13-15,17H,8H2,1-3H3,(H-,18,23)/p+1/t13-,14+,15-,17-/m1/s1. The predicted molar refractivity (Wildman–Crippen MR) is 86.8 cm³/mol. The van der Waals surface area contributed by atoms with Crippen LogP contribution < -0.4 is 10.3 Å². The molecule has 1 fully saturated rings.